The highest BCUT2D eigenvalue weighted by atomic mass is 16.5. The molecule has 0 unspecified atom stereocenters. The zero-order chi connectivity index (χ0) is 9.52. The molecule has 3 heteroatoms. The predicted molar refractivity (Wildman–Crippen MR) is 53.8 cm³/mol. The number of hydrogen-bond donors (Lipinski definition) is 1. The molecule has 3 nitrogen and oxygen atoms in total. The van der Waals surface area contributed by atoms with Gasteiger partial charge in [0.2, 0.25) is 0 Å². The van der Waals surface area contributed by atoms with E-state index in [-0.39, 0.29) is 0 Å². The van der Waals surface area contributed by atoms with E-state index >= 15 is 0 Å². The Labute approximate surface area is 79.1 Å². The standard InChI is InChI=1S/C8H10N2O.C2H6/c1-3-9-4-2-7(1)10-8-5-11-6-8;1-2/h1-4,8H,5-6H2,(H,9,10);1-2H3. The molecule has 2 heterocycles. The molecule has 1 N–H and O–H groups in total. The molecule has 0 spiro atoms. The van der Waals surface area contributed by atoms with Gasteiger partial charge in [-0.15, -0.1) is 0 Å². The van der Waals surface area contributed by atoms with Crippen LogP contribution in [0.1, 0.15) is 13.8 Å². The van der Waals surface area contributed by atoms with Crippen molar-refractivity contribution in [2.75, 3.05) is 18.5 Å². The van der Waals surface area contributed by atoms with Crippen LogP contribution in [-0.2, 0) is 4.74 Å². The van der Waals surface area contributed by atoms with Crippen molar-refractivity contribution in [2.45, 2.75) is 19.9 Å². The van der Waals surface area contributed by atoms with Crippen molar-refractivity contribution in [2.24, 2.45) is 0 Å². The summed E-state index contributed by atoms with van der Waals surface area (Å²) in [7, 11) is 0. The van der Waals surface area contributed by atoms with Gasteiger partial charge < -0.3 is 10.1 Å². The molecule has 0 radical (unpaired) electrons. The van der Waals surface area contributed by atoms with Crippen LogP contribution in [0.5, 0.6) is 0 Å². The van der Waals surface area contributed by atoms with Crippen LogP contribution in [0.4, 0.5) is 5.69 Å². The third kappa shape index (κ3) is 3.03. The molecule has 1 aliphatic heterocycles. The van der Waals surface area contributed by atoms with Crippen LogP contribution in [0, 0.1) is 0 Å². The van der Waals surface area contributed by atoms with Gasteiger partial charge in [0.25, 0.3) is 0 Å². The van der Waals surface area contributed by atoms with Crippen LogP contribution in [0.2, 0.25) is 0 Å². The highest BCUT2D eigenvalue weighted by molar-refractivity contribution is 5.42. The van der Waals surface area contributed by atoms with Crippen molar-refractivity contribution in [3.8, 4) is 0 Å². The van der Waals surface area contributed by atoms with Gasteiger partial charge in [0.15, 0.2) is 0 Å². The van der Waals surface area contributed by atoms with E-state index in [0.29, 0.717) is 6.04 Å². The molecule has 1 saturated heterocycles. The third-order valence-electron chi connectivity index (χ3n) is 1.69. The molecule has 0 aliphatic carbocycles. The number of anilines is 1. The summed E-state index contributed by atoms with van der Waals surface area (Å²) in [5.41, 5.74) is 1.12. The molecule has 0 atom stereocenters. The Morgan fingerprint density at radius 1 is 1.31 bits per heavy atom. The molecule has 0 saturated carbocycles. The number of ether oxygens (including phenoxy) is 1. The fraction of sp³-hybridized carbons (Fsp3) is 0.500. The summed E-state index contributed by atoms with van der Waals surface area (Å²) >= 11 is 0. The van der Waals surface area contributed by atoms with E-state index < -0.39 is 0 Å². The average Bonchev–Trinajstić information content (AvgIpc) is 2.17. The van der Waals surface area contributed by atoms with Gasteiger partial charge in [-0.3, -0.25) is 4.98 Å². The highest BCUT2D eigenvalue weighted by Gasteiger charge is 2.16. The summed E-state index contributed by atoms with van der Waals surface area (Å²) in [5, 5.41) is 3.31. The first-order chi connectivity index (χ1) is 6.45. The molecular weight excluding hydrogens is 164 g/mol. The smallest absolute Gasteiger partial charge is 0.0728 e. The van der Waals surface area contributed by atoms with Crippen LogP contribution < -0.4 is 5.32 Å². The second-order valence-corrected chi connectivity index (χ2v) is 2.61. The van der Waals surface area contributed by atoms with Crippen LogP contribution in [-0.4, -0.2) is 24.2 Å². The van der Waals surface area contributed by atoms with E-state index in [2.05, 4.69) is 10.3 Å². The quantitative estimate of drug-likeness (QED) is 0.755. The minimum Gasteiger partial charge on any atom is -0.378 e. The van der Waals surface area contributed by atoms with Crippen molar-refractivity contribution < 1.29 is 4.74 Å². The maximum Gasteiger partial charge on any atom is 0.0728 e. The summed E-state index contributed by atoms with van der Waals surface area (Å²) in [6, 6.07) is 4.41. The molecule has 72 valence electrons. The predicted octanol–water partition coefficient (Wildman–Crippen LogP) is 1.92. The molecular formula is C10H16N2O. The number of hydrogen-bond acceptors (Lipinski definition) is 3. The van der Waals surface area contributed by atoms with Gasteiger partial charge in [-0.1, -0.05) is 13.8 Å². The Balaban J connectivity index is 0.000000396. The van der Waals surface area contributed by atoms with E-state index in [0.717, 1.165) is 18.9 Å². The second kappa shape index (κ2) is 5.54. The molecule has 0 amide bonds. The lowest BCUT2D eigenvalue weighted by Crippen LogP contribution is -2.40. The molecule has 1 aromatic rings. The van der Waals surface area contributed by atoms with Gasteiger partial charge in [0.1, 0.15) is 0 Å². The number of pyridine rings is 1. The molecule has 1 aromatic heterocycles. The van der Waals surface area contributed by atoms with Crippen LogP contribution in [0.25, 0.3) is 0 Å². The number of nitrogens with one attached hydrogen (secondary N) is 1. The van der Waals surface area contributed by atoms with Gasteiger partial charge in [-0.25, -0.2) is 0 Å². The maximum absolute atomic E-state index is 5.03. The Morgan fingerprint density at radius 2 is 1.92 bits per heavy atom. The number of aromatic nitrogens is 1. The minimum atomic E-state index is 0.498. The van der Waals surface area contributed by atoms with E-state index in [9.17, 15) is 0 Å². The Hall–Kier alpha value is -1.09. The van der Waals surface area contributed by atoms with Gasteiger partial charge in [-0.05, 0) is 12.1 Å². The summed E-state index contributed by atoms with van der Waals surface area (Å²) < 4.78 is 5.03. The molecule has 2 rings (SSSR count). The molecule has 13 heavy (non-hydrogen) atoms. The minimum absolute atomic E-state index is 0.498. The first kappa shape index (κ1) is 9.99. The first-order valence-electron chi connectivity index (χ1n) is 4.69. The normalized spacial score (nSPS) is 15.2. The van der Waals surface area contributed by atoms with Crippen molar-refractivity contribution >= 4 is 5.69 Å². The van der Waals surface area contributed by atoms with E-state index in [1.54, 1.807) is 12.4 Å². The summed E-state index contributed by atoms with van der Waals surface area (Å²) in [6.45, 7) is 5.64. The van der Waals surface area contributed by atoms with Crippen molar-refractivity contribution in [3.05, 3.63) is 24.5 Å². The lowest BCUT2D eigenvalue weighted by molar-refractivity contribution is 0.0211. The zero-order valence-electron chi connectivity index (χ0n) is 8.16. The van der Waals surface area contributed by atoms with Crippen LogP contribution >= 0.6 is 0 Å². The fourth-order valence-electron chi connectivity index (χ4n) is 1.00. The van der Waals surface area contributed by atoms with Gasteiger partial charge >= 0.3 is 0 Å². The van der Waals surface area contributed by atoms with Gasteiger partial charge in [-0.2, -0.15) is 0 Å². The van der Waals surface area contributed by atoms with Crippen LogP contribution in [0.3, 0.4) is 0 Å². The summed E-state index contributed by atoms with van der Waals surface area (Å²) in [6.07, 6.45) is 3.56. The highest BCUT2D eigenvalue weighted by Crippen LogP contribution is 2.10. The lowest BCUT2D eigenvalue weighted by atomic mass is 10.2. The zero-order valence-corrected chi connectivity index (χ0v) is 8.16. The van der Waals surface area contributed by atoms with Gasteiger partial charge in [0.05, 0.1) is 19.3 Å². The summed E-state index contributed by atoms with van der Waals surface area (Å²) in [5.74, 6) is 0. The van der Waals surface area contributed by atoms with Crippen molar-refractivity contribution in [1.29, 1.82) is 0 Å². The molecule has 0 bridgehead atoms. The fourth-order valence-corrected chi connectivity index (χ4v) is 1.00. The molecule has 1 fully saturated rings. The second-order valence-electron chi connectivity index (χ2n) is 2.61. The third-order valence-corrected chi connectivity index (χ3v) is 1.69. The van der Waals surface area contributed by atoms with Crippen molar-refractivity contribution in [3.63, 3.8) is 0 Å². The maximum atomic E-state index is 5.03. The molecule has 1 aliphatic rings. The molecule has 0 aromatic carbocycles. The average molecular weight is 180 g/mol. The van der Waals surface area contributed by atoms with Crippen LogP contribution in [0.15, 0.2) is 24.5 Å². The Morgan fingerprint density at radius 3 is 2.38 bits per heavy atom. The van der Waals surface area contributed by atoms with E-state index in [4.69, 9.17) is 4.74 Å². The monoisotopic (exact) mass is 180 g/mol. The first-order valence-corrected chi connectivity index (χ1v) is 4.69. The Bertz CT molecular complexity index is 222. The topological polar surface area (TPSA) is 34.1 Å². The Kier molecular flexibility index (Phi) is 4.26. The van der Waals surface area contributed by atoms with E-state index in [1.165, 1.54) is 0 Å². The largest absolute Gasteiger partial charge is 0.378 e. The lowest BCUT2D eigenvalue weighted by Gasteiger charge is -2.27. The SMILES string of the molecule is CC.c1cc(NC2COC2)ccn1. The number of rotatable bonds is 2. The van der Waals surface area contributed by atoms with Crippen molar-refractivity contribution in [1.82, 2.24) is 4.98 Å². The summed E-state index contributed by atoms with van der Waals surface area (Å²) in [4.78, 5) is 3.93. The number of nitrogens with zero attached hydrogens (tertiary/aromatic N) is 1. The van der Waals surface area contributed by atoms with Gasteiger partial charge in [0, 0.05) is 18.1 Å². The van der Waals surface area contributed by atoms with E-state index in [1.807, 2.05) is 26.0 Å².